The standard InChI is InChI=1S/C13H15NO3S/c1-14(13(17)10-2-3-10)7-9-6-11(18-8-9)4-5-12(15)16/h4-6,8,10H,2-3,7H2,1H3,(H,15,16)/b5-4+. The fourth-order valence-corrected chi connectivity index (χ4v) is 2.51. The SMILES string of the molecule is CN(Cc1csc(/C=C/C(=O)O)c1)C(=O)C1CC1. The van der Waals surface area contributed by atoms with Crippen molar-refractivity contribution in [1.82, 2.24) is 4.90 Å². The maximum absolute atomic E-state index is 11.8. The van der Waals surface area contributed by atoms with Crippen LogP contribution in [0.3, 0.4) is 0 Å². The highest BCUT2D eigenvalue weighted by Crippen LogP contribution is 2.31. The molecule has 1 N–H and O–H groups in total. The van der Waals surface area contributed by atoms with Crippen LogP contribution in [0.25, 0.3) is 6.08 Å². The van der Waals surface area contributed by atoms with E-state index in [0.717, 1.165) is 29.4 Å². The topological polar surface area (TPSA) is 57.6 Å². The van der Waals surface area contributed by atoms with Crippen molar-refractivity contribution in [3.8, 4) is 0 Å². The second-order valence-electron chi connectivity index (χ2n) is 4.50. The summed E-state index contributed by atoms with van der Waals surface area (Å²) in [6.07, 6.45) is 4.71. The molecule has 0 bridgehead atoms. The first-order chi connectivity index (χ1) is 8.56. The van der Waals surface area contributed by atoms with E-state index in [0.29, 0.717) is 6.54 Å². The van der Waals surface area contributed by atoms with E-state index in [2.05, 4.69) is 0 Å². The van der Waals surface area contributed by atoms with Crippen LogP contribution in [0.4, 0.5) is 0 Å². The minimum absolute atomic E-state index is 0.212. The van der Waals surface area contributed by atoms with Gasteiger partial charge in [0.2, 0.25) is 5.91 Å². The summed E-state index contributed by atoms with van der Waals surface area (Å²) in [6, 6.07) is 1.92. The molecule has 96 valence electrons. The summed E-state index contributed by atoms with van der Waals surface area (Å²) >= 11 is 1.48. The van der Waals surface area contributed by atoms with Crippen LogP contribution < -0.4 is 0 Å². The molecule has 1 saturated carbocycles. The minimum atomic E-state index is -0.953. The molecule has 1 amide bonds. The van der Waals surface area contributed by atoms with E-state index in [4.69, 9.17) is 5.11 Å². The number of carboxylic acids is 1. The minimum Gasteiger partial charge on any atom is -0.478 e. The summed E-state index contributed by atoms with van der Waals surface area (Å²) in [7, 11) is 1.81. The number of hydrogen-bond donors (Lipinski definition) is 1. The van der Waals surface area contributed by atoms with Crippen LogP contribution in [0.5, 0.6) is 0 Å². The van der Waals surface area contributed by atoms with E-state index in [-0.39, 0.29) is 11.8 Å². The first-order valence-electron chi connectivity index (χ1n) is 5.79. The molecule has 1 aromatic rings. The van der Waals surface area contributed by atoms with Gasteiger partial charge in [0.1, 0.15) is 0 Å². The molecule has 1 aliphatic rings. The zero-order valence-corrected chi connectivity index (χ0v) is 10.9. The molecule has 1 heterocycles. The van der Waals surface area contributed by atoms with Gasteiger partial charge in [0.15, 0.2) is 0 Å². The normalized spacial score (nSPS) is 14.9. The van der Waals surface area contributed by atoms with Crippen LogP contribution in [-0.2, 0) is 16.1 Å². The Labute approximate surface area is 110 Å². The summed E-state index contributed by atoms with van der Waals surface area (Å²) in [4.78, 5) is 24.8. The summed E-state index contributed by atoms with van der Waals surface area (Å²) in [5.41, 5.74) is 1.04. The molecule has 5 heteroatoms. The van der Waals surface area contributed by atoms with Gasteiger partial charge in [0.25, 0.3) is 0 Å². The molecule has 4 nitrogen and oxygen atoms in total. The molecule has 1 aromatic heterocycles. The predicted octanol–water partition coefficient (Wildman–Crippen LogP) is 2.21. The maximum atomic E-state index is 11.8. The largest absolute Gasteiger partial charge is 0.478 e. The zero-order valence-electron chi connectivity index (χ0n) is 10.1. The van der Waals surface area contributed by atoms with Crippen LogP contribution in [0.15, 0.2) is 17.5 Å². The Morgan fingerprint density at radius 3 is 2.89 bits per heavy atom. The summed E-state index contributed by atoms with van der Waals surface area (Å²) < 4.78 is 0. The lowest BCUT2D eigenvalue weighted by Crippen LogP contribution is -2.27. The van der Waals surface area contributed by atoms with Gasteiger partial charge in [0.05, 0.1) is 0 Å². The van der Waals surface area contributed by atoms with Gasteiger partial charge in [-0.15, -0.1) is 11.3 Å². The molecule has 0 saturated heterocycles. The Balaban J connectivity index is 1.93. The van der Waals surface area contributed by atoms with Gasteiger partial charge in [-0.25, -0.2) is 4.79 Å². The number of carbonyl (C=O) groups is 2. The quantitative estimate of drug-likeness (QED) is 0.830. The Hall–Kier alpha value is -1.62. The number of carbonyl (C=O) groups excluding carboxylic acids is 1. The average molecular weight is 265 g/mol. The van der Waals surface area contributed by atoms with Gasteiger partial charge in [-0.1, -0.05) is 0 Å². The van der Waals surface area contributed by atoms with Gasteiger partial charge < -0.3 is 10.0 Å². The molecule has 2 rings (SSSR count). The van der Waals surface area contributed by atoms with Crippen molar-refractivity contribution in [3.63, 3.8) is 0 Å². The molecule has 0 aliphatic heterocycles. The molecular weight excluding hydrogens is 250 g/mol. The lowest BCUT2D eigenvalue weighted by molar-refractivity contribution is -0.132. The number of thiophene rings is 1. The van der Waals surface area contributed by atoms with Crippen molar-refractivity contribution in [2.24, 2.45) is 5.92 Å². The Kier molecular flexibility index (Phi) is 3.81. The van der Waals surface area contributed by atoms with Gasteiger partial charge in [0, 0.05) is 30.5 Å². The van der Waals surface area contributed by atoms with Gasteiger partial charge >= 0.3 is 5.97 Å². The Morgan fingerprint density at radius 1 is 1.56 bits per heavy atom. The lowest BCUT2D eigenvalue weighted by Gasteiger charge is -2.15. The number of hydrogen-bond acceptors (Lipinski definition) is 3. The average Bonchev–Trinajstić information content (AvgIpc) is 3.07. The van der Waals surface area contributed by atoms with E-state index in [1.807, 2.05) is 18.5 Å². The smallest absolute Gasteiger partial charge is 0.328 e. The monoisotopic (exact) mass is 265 g/mol. The van der Waals surface area contributed by atoms with Crippen molar-refractivity contribution >= 4 is 29.3 Å². The first kappa shape index (κ1) is 12.8. The number of nitrogens with zero attached hydrogens (tertiary/aromatic N) is 1. The molecule has 0 spiro atoms. The summed E-state index contributed by atoms with van der Waals surface area (Å²) in [6.45, 7) is 0.590. The lowest BCUT2D eigenvalue weighted by atomic mass is 10.2. The van der Waals surface area contributed by atoms with Crippen molar-refractivity contribution in [1.29, 1.82) is 0 Å². The maximum Gasteiger partial charge on any atom is 0.328 e. The third kappa shape index (κ3) is 3.43. The first-order valence-corrected chi connectivity index (χ1v) is 6.67. The zero-order chi connectivity index (χ0) is 13.1. The highest BCUT2D eigenvalue weighted by molar-refractivity contribution is 7.11. The predicted molar refractivity (Wildman–Crippen MR) is 70.2 cm³/mol. The number of amides is 1. The molecular formula is C13H15NO3S. The summed E-state index contributed by atoms with van der Waals surface area (Å²) in [5.74, 6) is -0.505. The van der Waals surface area contributed by atoms with Crippen LogP contribution in [0, 0.1) is 5.92 Å². The highest BCUT2D eigenvalue weighted by Gasteiger charge is 2.31. The van der Waals surface area contributed by atoms with Crippen LogP contribution in [0.2, 0.25) is 0 Å². The molecule has 1 fully saturated rings. The molecule has 0 atom stereocenters. The van der Waals surface area contributed by atoms with Crippen molar-refractivity contribution in [3.05, 3.63) is 28.0 Å². The number of aliphatic carboxylic acids is 1. The third-order valence-corrected chi connectivity index (χ3v) is 3.73. The van der Waals surface area contributed by atoms with Crippen LogP contribution in [0.1, 0.15) is 23.3 Å². The second kappa shape index (κ2) is 5.35. The van der Waals surface area contributed by atoms with E-state index in [1.165, 1.54) is 11.3 Å². The second-order valence-corrected chi connectivity index (χ2v) is 5.44. The van der Waals surface area contributed by atoms with Gasteiger partial charge in [-0.05, 0) is 35.9 Å². The molecule has 0 aromatic carbocycles. The number of carboxylic acid groups (broad SMARTS) is 1. The molecule has 0 unspecified atom stereocenters. The van der Waals surface area contributed by atoms with E-state index in [9.17, 15) is 9.59 Å². The van der Waals surface area contributed by atoms with E-state index >= 15 is 0 Å². The Bertz CT molecular complexity index is 488. The van der Waals surface area contributed by atoms with E-state index in [1.54, 1.807) is 11.0 Å². The highest BCUT2D eigenvalue weighted by atomic mass is 32.1. The van der Waals surface area contributed by atoms with Gasteiger partial charge in [-0.2, -0.15) is 0 Å². The van der Waals surface area contributed by atoms with Crippen LogP contribution in [-0.4, -0.2) is 28.9 Å². The van der Waals surface area contributed by atoms with Crippen molar-refractivity contribution in [2.45, 2.75) is 19.4 Å². The molecule has 18 heavy (non-hydrogen) atoms. The van der Waals surface area contributed by atoms with Gasteiger partial charge in [-0.3, -0.25) is 4.79 Å². The van der Waals surface area contributed by atoms with Crippen molar-refractivity contribution in [2.75, 3.05) is 7.05 Å². The fraction of sp³-hybridized carbons (Fsp3) is 0.385. The molecule has 0 radical (unpaired) electrons. The van der Waals surface area contributed by atoms with E-state index < -0.39 is 5.97 Å². The third-order valence-electron chi connectivity index (χ3n) is 2.79. The van der Waals surface area contributed by atoms with Crippen molar-refractivity contribution < 1.29 is 14.7 Å². The van der Waals surface area contributed by atoms with Crippen LogP contribution >= 0.6 is 11.3 Å². The fourth-order valence-electron chi connectivity index (χ4n) is 1.71. The number of rotatable bonds is 5. The summed E-state index contributed by atoms with van der Waals surface area (Å²) in [5, 5.41) is 10.5. The molecule has 1 aliphatic carbocycles. The Morgan fingerprint density at radius 2 is 2.28 bits per heavy atom.